The summed E-state index contributed by atoms with van der Waals surface area (Å²) < 4.78 is 33.6. The number of nitrogens with one attached hydrogen (secondary N) is 2. The Bertz CT molecular complexity index is 1250. The van der Waals surface area contributed by atoms with E-state index in [1.165, 1.54) is 12.1 Å². The first-order valence-electron chi connectivity index (χ1n) is 10.8. The molecule has 1 aliphatic rings. The van der Waals surface area contributed by atoms with Gasteiger partial charge < -0.3 is 15.6 Å². The van der Waals surface area contributed by atoms with E-state index < -0.39 is 10.0 Å². The van der Waals surface area contributed by atoms with E-state index in [4.69, 9.17) is 10.3 Å². The van der Waals surface area contributed by atoms with Gasteiger partial charge in [0.1, 0.15) is 0 Å². The molecule has 174 valence electrons. The molecule has 4 N–H and O–H groups in total. The van der Waals surface area contributed by atoms with Gasteiger partial charge in [0.05, 0.1) is 10.9 Å². The highest BCUT2D eigenvalue weighted by molar-refractivity contribution is 7.92. The molecule has 1 aliphatic carbocycles. The fourth-order valence-corrected chi connectivity index (χ4v) is 4.38. The molecule has 0 bridgehead atoms. The molecule has 10 heteroatoms. The molecule has 0 saturated heterocycles. The number of rotatable bonds is 9. The van der Waals surface area contributed by atoms with Crippen molar-refractivity contribution in [3.8, 4) is 11.4 Å². The number of amides is 1. The Morgan fingerprint density at radius 3 is 2.55 bits per heavy atom. The normalized spacial score (nSPS) is 15.6. The maximum absolute atomic E-state index is 12.9. The molecule has 1 aromatic heterocycles. The van der Waals surface area contributed by atoms with Gasteiger partial charge in [-0.25, -0.2) is 8.42 Å². The summed E-state index contributed by atoms with van der Waals surface area (Å²) in [6.45, 7) is 3.93. The number of anilines is 2. The molecule has 1 saturated carbocycles. The third-order valence-corrected chi connectivity index (χ3v) is 7.08. The Hall–Kier alpha value is -3.24. The Morgan fingerprint density at radius 2 is 1.88 bits per heavy atom. The van der Waals surface area contributed by atoms with E-state index >= 15 is 0 Å². The van der Waals surface area contributed by atoms with Crippen LogP contribution >= 0.6 is 0 Å². The van der Waals surface area contributed by atoms with Crippen molar-refractivity contribution < 1.29 is 17.7 Å². The standard InChI is InChI=1S/C23H27N5O4S/c1-3-5-19(24)21-26-20(27-32-21)15-6-4-7-18(14-15)33(30,31)28-17-10-8-16(9-11-17)25-22(29)23(2)12-13-23/h4,6-11,14,19,28H,3,5,12-13,24H2,1-2H3,(H,25,29). The van der Waals surface area contributed by atoms with Gasteiger partial charge in [0.2, 0.25) is 17.6 Å². The topological polar surface area (TPSA) is 140 Å². The van der Waals surface area contributed by atoms with E-state index in [9.17, 15) is 13.2 Å². The summed E-state index contributed by atoms with van der Waals surface area (Å²) in [5, 5.41) is 6.80. The van der Waals surface area contributed by atoms with Crippen LogP contribution in [-0.2, 0) is 14.8 Å². The number of nitrogens with zero attached hydrogens (tertiary/aromatic N) is 2. The smallest absolute Gasteiger partial charge is 0.261 e. The van der Waals surface area contributed by atoms with Gasteiger partial charge in [0.25, 0.3) is 10.0 Å². The number of nitrogens with two attached hydrogens (primary N) is 1. The summed E-state index contributed by atoms with van der Waals surface area (Å²) in [6, 6.07) is 12.5. The second kappa shape index (κ2) is 8.95. The number of carbonyl (C=O) groups is 1. The quantitative estimate of drug-likeness (QED) is 0.429. The number of hydrogen-bond donors (Lipinski definition) is 3. The molecule has 1 fully saturated rings. The third-order valence-electron chi connectivity index (χ3n) is 5.70. The average Bonchev–Trinajstić information content (AvgIpc) is 3.35. The van der Waals surface area contributed by atoms with Crippen molar-refractivity contribution >= 4 is 27.3 Å². The van der Waals surface area contributed by atoms with E-state index in [2.05, 4.69) is 20.2 Å². The monoisotopic (exact) mass is 469 g/mol. The second-order valence-electron chi connectivity index (χ2n) is 8.58. The molecule has 33 heavy (non-hydrogen) atoms. The summed E-state index contributed by atoms with van der Waals surface area (Å²) >= 11 is 0. The van der Waals surface area contributed by atoms with Crippen LogP contribution in [0.2, 0.25) is 0 Å². The third kappa shape index (κ3) is 5.23. The molecule has 0 radical (unpaired) electrons. The molecule has 1 unspecified atom stereocenters. The minimum absolute atomic E-state index is 0.0204. The van der Waals surface area contributed by atoms with Crippen molar-refractivity contribution in [1.82, 2.24) is 10.1 Å². The molecule has 3 aromatic rings. The highest BCUT2D eigenvalue weighted by Crippen LogP contribution is 2.45. The number of carbonyl (C=O) groups excluding carboxylic acids is 1. The van der Waals surface area contributed by atoms with Gasteiger partial charge in [-0.1, -0.05) is 37.6 Å². The van der Waals surface area contributed by atoms with Crippen LogP contribution in [0.1, 0.15) is 51.5 Å². The summed E-state index contributed by atoms with van der Waals surface area (Å²) in [7, 11) is -3.86. The first kappa shape index (κ1) is 22.9. The minimum atomic E-state index is -3.86. The zero-order valence-electron chi connectivity index (χ0n) is 18.5. The van der Waals surface area contributed by atoms with Crippen LogP contribution in [0.4, 0.5) is 11.4 Å². The van der Waals surface area contributed by atoms with E-state index in [0.29, 0.717) is 29.2 Å². The molecule has 2 aromatic carbocycles. The van der Waals surface area contributed by atoms with Crippen LogP contribution in [0.15, 0.2) is 57.9 Å². The van der Waals surface area contributed by atoms with E-state index in [-0.39, 0.29) is 28.1 Å². The molecule has 4 rings (SSSR count). The van der Waals surface area contributed by atoms with Crippen LogP contribution < -0.4 is 15.8 Å². The molecule has 1 amide bonds. The summed E-state index contributed by atoms with van der Waals surface area (Å²) in [5.74, 6) is 0.576. The van der Waals surface area contributed by atoms with E-state index in [1.54, 1.807) is 36.4 Å². The van der Waals surface area contributed by atoms with Crippen LogP contribution in [0, 0.1) is 5.41 Å². The van der Waals surface area contributed by atoms with Crippen LogP contribution in [0.5, 0.6) is 0 Å². The van der Waals surface area contributed by atoms with E-state index in [1.807, 2.05) is 13.8 Å². The number of aromatic nitrogens is 2. The maximum atomic E-state index is 12.9. The summed E-state index contributed by atoms with van der Waals surface area (Å²) in [6.07, 6.45) is 3.35. The zero-order chi connectivity index (χ0) is 23.6. The Balaban J connectivity index is 1.47. The highest BCUT2D eigenvalue weighted by Gasteiger charge is 2.44. The predicted octanol–water partition coefficient (Wildman–Crippen LogP) is 4.08. The van der Waals surface area contributed by atoms with Crippen molar-refractivity contribution in [2.75, 3.05) is 10.0 Å². The fraction of sp³-hybridized carbons (Fsp3) is 0.348. The highest BCUT2D eigenvalue weighted by atomic mass is 32.2. The second-order valence-corrected chi connectivity index (χ2v) is 10.3. The molecule has 1 heterocycles. The molecule has 1 atom stereocenters. The summed E-state index contributed by atoms with van der Waals surface area (Å²) in [4.78, 5) is 16.5. The fourth-order valence-electron chi connectivity index (χ4n) is 3.27. The summed E-state index contributed by atoms with van der Waals surface area (Å²) in [5.41, 5.74) is 7.23. The molecule has 0 spiro atoms. The predicted molar refractivity (Wildman–Crippen MR) is 125 cm³/mol. The van der Waals surface area contributed by atoms with Gasteiger partial charge in [-0.05, 0) is 55.7 Å². The lowest BCUT2D eigenvalue weighted by Gasteiger charge is -2.12. The van der Waals surface area contributed by atoms with Crippen molar-refractivity contribution in [2.45, 2.75) is 50.5 Å². The largest absolute Gasteiger partial charge is 0.337 e. The lowest BCUT2D eigenvalue weighted by atomic mass is 10.1. The lowest BCUT2D eigenvalue weighted by molar-refractivity contribution is -0.120. The van der Waals surface area contributed by atoms with Gasteiger partial charge in [0, 0.05) is 22.4 Å². The molecule has 0 aliphatic heterocycles. The average molecular weight is 470 g/mol. The first-order valence-corrected chi connectivity index (χ1v) is 12.3. The van der Waals surface area contributed by atoms with Gasteiger partial charge in [-0.15, -0.1) is 0 Å². The number of hydrogen-bond acceptors (Lipinski definition) is 7. The maximum Gasteiger partial charge on any atom is 0.261 e. The molecular weight excluding hydrogens is 442 g/mol. The van der Waals surface area contributed by atoms with E-state index in [0.717, 1.165) is 19.3 Å². The van der Waals surface area contributed by atoms with Crippen molar-refractivity contribution in [2.24, 2.45) is 11.1 Å². The van der Waals surface area contributed by atoms with Crippen molar-refractivity contribution in [3.63, 3.8) is 0 Å². The van der Waals surface area contributed by atoms with Crippen molar-refractivity contribution in [1.29, 1.82) is 0 Å². The first-order chi connectivity index (χ1) is 15.7. The minimum Gasteiger partial charge on any atom is -0.337 e. The lowest BCUT2D eigenvalue weighted by Crippen LogP contribution is -2.21. The Kier molecular flexibility index (Phi) is 6.22. The Morgan fingerprint density at radius 1 is 1.18 bits per heavy atom. The van der Waals surface area contributed by atoms with Crippen LogP contribution in [0.25, 0.3) is 11.4 Å². The van der Waals surface area contributed by atoms with Gasteiger partial charge in [0.15, 0.2) is 0 Å². The van der Waals surface area contributed by atoms with Gasteiger partial charge in [-0.3, -0.25) is 9.52 Å². The van der Waals surface area contributed by atoms with Crippen LogP contribution in [-0.4, -0.2) is 24.5 Å². The number of sulfonamides is 1. The number of benzene rings is 2. The van der Waals surface area contributed by atoms with Gasteiger partial charge >= 0.3 is 0 Å². The SMILES string of the molecule is CCCC(N)c1nc(-c2cccc(S(=O)(=O)Nc3ccc(NC(=O)C4(C)CC4)cc3)c2)no1. The zero-order valence-corrected chi connectivity index (χ0v) is 19.4. The molecular formula is C23H27N5O4S. The molecule has 9 nitrogen and oxygen atoms in total. The van der Waals surface area contributed by atoms with Crippen LogP contribution in [0.3, 0.4) is 0 Å². The van der Waals surface area contributed by atoms with Gasteiger partial charge in [-0.2, -0.15) is 4.98 Å². The Labute approximate surface area is 192 Å². The van der Waals surface area contributed by atoms with Crippen molar-refractivity contribution in [3.05, 3.63) is 54.4 Å².